The fraction of sp³-hybridized carbons (Fsp3) is 0.625. The highest BCUT2D eigenvalue weighted by Crippen LogP contribution is 1.96. The molecule has 3 nitrogen and oxygen atoms in total. The van der Waals surface area contributed by atoms with Crippen LogP contribution in [-0.2, 0) is 4.79 Å². The molecule has 0 saturated heterocycles. The van der Waals surface area contributed by atoms with E-state index in [9.17, 15) is 4.79 Å². The van der Waals surface area contributed by atoms with E-state index in [4.69, 9.17) is 11.5 Å². The molecule has 0 radical (unpaired) electrons. The number of aliphatic hydroxyl groups excluding tert-OH is 1. The van der Waals surface area contributed by atoms with Crippen molar-refractivity contribution < 1.29 is 9.90 Å². The van der Waals surface area contributed by atoms with E-state index in [0.717, 1.165) is 0 Å². The maximum Gasteiger partial charge on any atom is 0.234 e. The normalized spacial score (nSPS) is 11.8. The van der Waals surface area contributed by atoms with E-state index in [1.165, 1.54) is 4.90 Å². The van der Waals surface area contributed by atoms with Gasteiger partial charge in [0.2, 0.25) is 5.91 Å². The summed E-state index contributed by atoms with van der Waals surface area (Å²) in [5, 5.41) is 8.68. The van der Waals surface area contributed by atoms with E-state index in [0.29, 0.717) is 0 Å². The van der Waals surface area contributed by atoms with Crippen LogP contribution in [0.25, 0.3) is 0 Å². The number of hydrogen-bond acceptors (Lipinski definition) is 2. The van der Waals surface area contributed by atoms with E-state index in [-0.39, 0.29) is 25.0 Å². The molecular formula is C8H13NO2. The molecule has 0 aliphatic carbocycles. The quantitative estimate of drug-likeness (QED) is 0.576. The molecule has 0 fully saturated rings. The molecule has 0 rings (SSSR count). The average molecular weight is 155 g/mol. The number of terminal acetylenes is 1. The van der Waals surface area contributed by atoms with Gasteiger partial charge in [0.05, 0.1) is 19.1 Å². The predicted octanol–water partition coefficient (Wildman–Crippen LogP) is -0.151. The third-order valence-corrected chi connectivity index (χ3v) is 1.57. The second-order valence-corrected chi connectivity index (χ2v) is 2.42. The van der Waals surface area contributed by atoms with Crippen LogP contribution >= 0.6 is 0 Å². The Balaban J connectivity index is 3.93. The van der Waals surface area contributed by atoms with E-state index in [1.807, 2.05) is 0 Å². The lowest BCUT2D eigenvalue weighted by Crippen LogP contribution is -2.36. The minimum atomic E-state index is -0.157. The molecule has 0 aliphatic rings. The molecule has 1 unspecified atom stereocenters. The summed E-state index contributed by atoms with van der Waals surface area (Å²) >= 11 is 0. The van der Waals surface area contributed by atoms with Crippen molar-refractivity contribution in [2.24, 2.45) is 0 Å². The first-order valence-corrected chi connectivity index (χ1v) is 3.43. The summed E-state index contributed by atoms with van der Waals surface area (Å²) in [5.41, 5.74) is 0. The summed E-state index contributed by atoms with van der Waals surface area (Å²) in [4.78, 5) is 12.5. The minimum absolute atomic E-state index is 0.0349. The fourth-order valence-corrected chi connectivity index (χ4v) is 0.580. The first kappa shape index (κ1) is 9.99. The molecule has 1 atom stereocenters. The van der Waals surface area contributed by atoms with Crippen molar-refractivity contribution in [2.75, 3.05) is 13.7 Å². The van der Waals surface area contributed by atoms with E-state index >= 15 is 0 Å². The molecule has 0 aliphatic heterocycles. The molecule has 1 amide bonds. The Morgan fingerprint density at radius 2 is 2.36 bits per heavy atom. The zero-order valence-corrected chi connectivity index (χ0v) is 6.87. The number of amides is 1. The standard InChI is InChI=1S/C8H13NO2/c1-4-5-8(11)9(3)7(2)6-10/h1,7,10H,5-6H2,2-3H3. The smallest absolute Gasteiger partial charge is 0.234 e. The summed E-state index contributed by atoms with van der Waals surface area (Å²) in [5.74, 6) is 2.12. The van der Waals surface area contributed by atoms with Gasteiger partial charge in [-0.3, -0.25) is 4.79 Å². The van der Waals surface area contributed by atoms with Gasteiger partial charge in [0.15, 0.2) is 0 Å². The fourth-order valence-electron chi connectivity index (χ4n) is 0.580. The number of rotatable bonds is 3. The Morgan fingerprint density at radius 1 is 1.82 bits per heavy atom. The largest absolute Gasteiger partial charge is 0.394 e. The van der Waals surface area contributed by atoms with Gasteiger partial charge in [-0.15, -0.1) is 6.42 Å². The van der Waals surface area contributed by atoms with Crippen LogP contribution in [0.1, 0.15) is 13.3 Å². The summed E-state index contributed by atoms with van der Waals surface area (Å²) < 4.78 is 0. The van der Waals surface area contributed by atoms with Gasteiger partial charge >= 0.3 is 0 Å². The van der Waals surface area contributed by atoms with Crippen LogP contribution in [0.4, 0.5) is 0 Å². The van der Waals surface area contributed by atoms with Crippen molar-refractivity contribution in [1.29, 1.82) is 0 Å². The van der Waals surface area contributed by atoms with Gasteiger partial charge in [0, 0.05) is 7.05 Å². The highest BCUT2D eigenvalue weighted by atomic mass is 16.3. The van der Waals surface area contributed by atoms with Crippen LogP contribution < -0.4 is 0 Å². The molecule has 11 heavy (non-hydrogen) atoms. The van der Waals surface area contributed by atoms with Crippen LogP contribution in [0.15, 0.2) is 0 Å². The van der Waals surface area contributed by atoms with Gasteiger partial charge in [-0.05, 0) is 6.92 Å². The molecule has 0 aromatic heterocycles. The van der Waals surface area contributed by atoms with Crippen molar-refractivity contribution in [3.8, 4) is 12.3 Å². The van der Waals surface area contributed by atoms with Crippen LogP contribution in [0, 0.1) is 12.3 Å². The van der Waals surface area contributed by atoms with E-state index in [1.54, 1.807) is 14.0 Å². The number of hydrogen-bond donors (Lipinski definition) is 1. The molecule has 0 aromatic carbocycles. The monoisotopic (exact) mass is 155 g/mol. The molecule has 62 valence electrons. The maximum absolute atomic E-state index is 11.0. The second kappa shape index (κ2) is 4.75. The lowest BCUT2D eigenvalue weighted by molar-refractivity contribution is -0.131. The summed E-state index contributed by atoms with van der Waals surface area (Å²) in [6.45, 7) is 1.72. The summed E-state index contributed by atoms with van der Waals surface area (Å²) in [6, 6.07) is -0.157. The second-order valence-electron chi connectivity index (χ2n) is 2.42. The first-order chi connectivity index (χ1) is 5.13. The van der Waals surface area contributed by atoms with Crippen molar-refractivity contribution in [3.05, 3.63) is 0 Å². The van der Waals surface area contributed by atoms with Gasteiger partial charge in [0.1, 0.15) is 0 Å². The van der Waals surface area contributed by atoms with E-state index in [2.05, 4.69) is 5.92 Å². The van der Waals surface area contributed by atoms with Crippen LogP contribution in [0.3, 0.4) is 0 Å². The first-order valence-electron chi connectivity index (χ1n) is 3.43. The topological polar surface area (TPSA) is 40.5 Å². The van der Waals surface area contributed by atoms with Crippen molar-refractivity contribution in [2.45, 2.75) is 19.4 Å². The van der Waals surface area contributed by atoms with Gasteiger partial charge in [-0.25, -0.2) is 0 Å². The zero-order valence-electron chi connectivity index (χ0n) is 6.87. The third kappa shape index (κ3) is 3.06. The zero-order chi connectivity index (χ0) is 8.85. The predicted molar refractivity (Wildman–Crippen MR) is 42.8 cm³/mol. The van der Waals surface area contributed by atoms with Crippen molar-refractivity contribution in [1.82, 2.24) is 4.90 Å². The van der Waals surface area contributed by atoms with Crippen LogP contribution in [0.5, 0.6) is 0 Å². The highest BCUT2D eigenvalue weighted by molar-refractivity contribution is 5.78. The van der Waals surface area contributed by atoms with Crippen LogP contribution in [-0.4, -0.2) is 35.6 Å². The Hall–Kier alpha value is -1.01. The van der Waals surface area contributed by atoms with Crippen molar-refractivity contribution >= 4 is 5.91 Å². The van der Waals surface area contributed by atoms with Crippen LogP contribution in [0.2, 0.25) is 0 Å². The molecule has 0 bridgehead atoms. The number of aliphatic hydroxyl groups is 1. The molecular weight excluding hydrogens is 142 g/mol. The lowest BCUT2D eigenvalue weighted by atomic mass is 10.3. The molecule has 0 spiro atoms. The van der Waals surface area contributed by atoms with Gasteiger partial charge in [-0.1, -0.05) is 5.92 Å². The van der Waals surface area contributed by atoms with E-state index < -0.39 is 0 Å². The molecule has 3 heteroatoms. The molecule has 0 heterocycles. The third-order valence-electron chi connectivity index (χ3n) is 1.57. The maximum atomic E-state index is 11.0. The molecule has 1 N–H and O–H groups in total. The molecule has 0 aromatic rings. The average Bonchev–Trinajstić information content (AvgIpc) is 2.02. The highest BCUT2D eigenvalue weighted by Gasteiger charge is 2.12. The van der Waals surface area contributed by atoms with Gasteiger partial charge in [-0.2, -0.15) is 0 Å². The Kier molecular flexibility index (Phi) is 4.32. The lowest BCUT2D eigenvalue weighted by Gasteiger charge is -2.21. The Bertz CT molecular complexity index is 171. The Morgan fingerprint density at radius 3 is 2.73 bits per heavy atom. The Labute approximate surface area is 67.0 Å². The van der Waals surface area contributed by atoms with Crippen molar-refractivity contribution in [3.63, 3.8) is 0 Å². The molecule has 0 saturated carbocycles. The summed E-state index contributed by atoms with van der Waals surface area (Å²) in [7, 11) is 1.63. The van der Waals surface area contributed by atoms with Gasteiger partial charge in [0.25, 0.3) is 0 Å². The number of likely N-dealkylation sites (N-methyl/N-ethyl adjacent to an activating group) is 1. The number of carbonyl (C=O) groups is 1. The number of nitrogens with zero attached hydrogens (tertiary/aromatic N) is 1. The minimum Gasteiger partial charge on any atom is -0.394 e. The number of carbonyl (C=O) groups excluding carboxylic acids is 1. The SMILES string of the molecule is C#CCC(=O)N(C)C(C)CO. The van der Waals surface area contributed by atoms with Gasteiger partial charge < -0.3 is 10.0 Å². The summed E-state index contributed by atoms with van der Waals surface area (Å²) in [6.07, 6.45) is 5.05.